The molecule has 0 saturated heterocycles. The van der Waals surface area contributed by atoms with Crippen LogP contribution in [0.4, 0.5) is 5.69 Å². The molecule has 3 aromatic rings. The van der Waals surface area contributed by atoms with E-state index in [1.54, 1.807) is 30.3 Å². The average molecular weight is 335 g/mol. The topological polar surface area (TPSA) is 64.6 Å². The van der Waals surface area contributed by atoms with E-state index in [-0.39, 0.29) is 13.2 Å². The van der Waals surface area contributed by atoms with Gasteiger partial charge in [0.15, 0.2) is 13.2 Å². The quantitative estimate of drug-likeness (QED) is 0.701. The SMILES string of the molecule is O=C(COC(=O)COc1ccc2ccccc2c1)Nc1ccccc1. The van der Waals surface area contributed by atoms with Gasteiger partial charge in [-0.15, -0.1) is 0 Å². The summed E-state index contributed by atoms with van der Waals surface area (Å²) in [6.45, 7) is -0.605. The number of carbonyl (C=O) groups is 2. The first-order chi connectivity index (χ1) is 12.2. The average Bonchev–Trinajstić information content (AvgIpc) is 2.65. The number of esters is 1. The van der Waals surface area contributed by atoms with E-state index in [2.05, 4.69) is 5.32 Å². The van der Waals surface area contributed by atoms with Crippen molar-refractivity contribution in [3.63, 3.8) is 0 Å². The van der Waals surface area contributed by atoms with Crippen LogP contribution in [-0.4, -0.2) is 25.1 Å². The second kappa shape index (κ2) is 7.97. The number of anilines is 1. The van der Waals surface area contributed by atoms with Gasteiger partial charge in [0.05, 0.1) is 0 Å². The zero-order valence-electron chi connectivity index (χ0n) is 13.5. The Labute approximate surface area is 145 Å². The molecule has 1 amide bonds. The highest BCUT2D eigenvalue weighted by Gasteiger charge is 2.09. The molecule has 0 aliphatic heterocycles. The van der Waals surface area contributed by atoms with E-state index in [1.807, 2.05) is 42.5 Å². The Morgan fingerprint density at radius 3 is 2.32 bits per heavy atom. The Morgan fingerprint density at radius 2 is 1.52 bits per heavy atom. The van der Waals surface area contributed by atoms with E-state index in [0.29, 0.717) is 11.4 Å². The van der Waals surface area contributed by atoms with E-state index in [0.717, 1.165) is 10.8 Å². The summed E-state index contributed by atoms with van der Waals surface area (Å²) in [5.74, 6) is -0.425. The molecule has 0 spiro atoms. The van der Waals surface area contributed by atoms with Gasteiger partial charge in [0.2, 0.25) is 0 Å². The van der Waals surface area contributed by atoms with Crippen LogP contribution in [0.5, 0.6) is 5.75 Å². The Balaban J connectivity index is 1.45. The molecule has 0 fully saturated rings. The highest BCUT2D eigenvalue weighted by molar-refractivity contribution is 5.92. The van der Waals surface area contributed by atoms with E-state index >= 15 is 0 Å². The van der Waals surface area contributed by atoms with Crippen molar-refractivity contribution < 1.29 is 19.1 Å². The Kier molecular flexibility index (Phi) is 5.26. The molecule has 5 heteroatoms. The zero-order chi connectivity index (χ0) is 17.5. The second-order valence-electron chi connectivity index (χ2n) is 5.37. The first kappa shape index (κ1) is 16.5. The molecule has 5 nitrogen and oxygen atoms in total. The van der Waals surface area contributed by atoms with Crippen molar-refractivity contribution in [2.75, 3.05) is 18.5 Å². The molecule has 0 aromatic heterocycles. The molecule has 126 valence electrons. The maximum Gasteiger partial charge on any atom is 0.344 e. The monoisotopic (exact) mass is 335 g/mol. The summed E-state index contributed by atoms with van der Waals surface area (Å²) in [7, 11) is 0. The number of para-hydroxylation sites is 1. The van der Waals surface area contributed by atoms with Gasteiger partial charge in [-0.05, 0) is 35.0 Å². The number of hydrogen-bond acceptors (Lipinski definition) is 4. The van der Waals surface area contributed by atoms with Crippen molar-refractivity contribution in [1.29, 1.82) is 0 Å². The first-order valence-electron chi connectivity index (χ1n) is 7.83. The van der Waals surface area contributed by atoms with E-state index < -0.39 is 11.9 Å². The molecule has 1 N–H and O–H groups in total. The maximum absolute atomic E-state index is 11.7. The predicted molar refractivity (Wildman–Crippen MR) is 95.5 cm³/mol. The molecular weight excluding hydrogens is 318 g/mol. The highest BCUT2D eigenvalue weighted by Crippen LogP contribution is 2.20. The lowest BCUT2D eigenvalue weighted by atomic mass is 10.1. The minimum Gasteiger partial charge on any atom is -0.482 e. The van der Waals surface area contributed by atoms with Crippen LogP contribution in [-0.2, 0) is 14.3 Å². The fraction of sp³-hybridized carbons (Fsp3) is 0.100. The summed E-state index contributed by atoms with van der Waals surface area (Å²) in [6.07, 6.45) is 0. The van der Waals surface area contributed by atoms with Gasteiger partial charge in [-0.3, -0.25) is 4.79 Å². The summed E-state index contributed by atoms with van der Waals surface area (Å²) in [6, 6.07) is 22.4. The van der Waals surface area contributed by atoms with Crippen LogP contribution in [0.3, 0.4) is 0 Å². The van der Waals surface area contributed by atoms with Crippen LogP contribution < -0.4 is 10.1 Å². The Hall–Kier alpha value is -3.34. The van der Waals surface area contributed by atoms with Gasteiger partial charge >= 0.3 is 5.97 Å². The van der Waals surface area contributed by atoms with Crippen LogP contribution in [0.25, 0.3) is 10.8 Å². The molecule has 25 heavy (non-hydrogen) atoms. The Morgan fingerprint density at radius 1 is 0.800 bits per heavy atom. The van der Waals surface area contributed by atoms with Gasteiger partial charge in [-0.25, -0.2) is 4.79 Å². The van der Waals surface area contributed by atoms with Crippen molar-refractivity contribution in [3.8, 4) is 5.75 Å². The van der Waals surface area contributed by atoms with Crippen molar-refractivity contribution in [2.24, 2.45) is 0 Å². The number of nitrogens with one attached hydrogen (secondary N) is 1. The van der Waals surface area contributed by atoms with Gasteiger partial charge in [-0.1, -0.05) is 48.5 Å². The lowest BCUT2D eigenvalue weighted by molar-refractivity contribution is -0.149. The van der Waals surface area contributed by atoms with Gasteiger partial charge in [0, 0.05) is 5.69 Å². The number of carbonyl (C=O) groups excluding carboxylic acids is 2. The third-order valence-electron chi connectivity index (χ3n) is 3.50. The molecule has 0 radical (unpaired) electrons. The van der Waals surface area contributed by atoms with Crippen molar-refractivity contribution in [2.45, 2.75) is 0 Å². The minimum atomic E-state index is -0.601. The Bertz CT molecular complexity index is 877. The van der Waals surface area contributed by atoms with Crippen LogP contribution in [0, 0.1) is 0 Å². The standard InChI is InChI=1S/C20H17NO4/c22-19(21-17-8-2-1-3-9-17)13-25-20(23)14-24-18-11-10-15-6-4-5-7-16(15)12-18/h1-12H,13-14H2,(H,21,22). The van der Waals surface area contributed by atoms with Gasteiger partial charge in [0.1, 0.15) is 5.75 Å². The number of rotatable bonds is 6. The lowest BCUT2D eigenvalue weighted by Gasteiger charge is -2.08. The largest absolute Gasteiger partial charge is 0.482 e. The molecule has 3 aromatic carbocycles. The number of benzene rings is 3. The molecule has 0 aliphatic carbocycles. The molecule has 0 atom stereocenters. The smallest absolute Gasteiger partial charge is 0.344 e. The first-order valence-corrected chi connectivity index (χ1v) is 7.83. The summed E-state index contributed by atoms with van der Waals surface area (Å²) < 4.78 is 10.3. The van der Waals surface area contributed by atoms with Crippen molar-refractivity contribution >= 4 is 28.3 Å². The number of ether oxygens (including phenoxy) is 2. The number of hydrogen-bond donors (Lipinski definition) is 1. The molecule has 0 heterocycles. The third kappa shape index (κ3) is 4.81. The predicted octanol–water partition coefficient (Wildman–Crippen LogP) is 3.40. The fourth-order valence-electron chi connectivity index (χ4n) is 2.31. The number of amides is 1. The summed E-state index contributed by atoms with van der Waals surface area (Å²) in [5.41, 5.74) is 0.649. The van der Waals surface area contributed by atoms with E-state index in [1.165, 1.54) is 0 Å². The highest BCUT2D eigenvalue weighted by atomic mass is 16.6. The van der Waals surface area contributed by atoms with Gasteiger partial charge in [0.25, 0.3) is 5.91 Å². The minimum absolute atomic E-state index is 0.253. The third-order valence-corrected chi connectivity index (χ3v) is 3.50. The van der Waals surface area contributed by atoms with E-state index in [9.17, 15) is 9.59 Å². The van der Waals surface area contributed by atoms with Crippen LogP contribution in [0.15, 0.2) is 72.8 Å². The lowest BCUT2D eigenvalue weighted by Crippen LogP contribution is -2.23. The summed E-state index contributed by atoms with van der Waals surface area (Å²) in [5, 5.41) is 4.75. The molecule has 0 unspecified atom stereocenters. The van der Waals surface area contributed by atoms with Crippen molar-refractivity contribution in [3.05, 3.63) is 72.8 Å². The van der Waals surface area contributed by atoms with Gasteiger partial charge < -0.3 is 14.8 Å². The zero-order valence-corrected chi connectivity index (χ0v) is 13.5. The summed E-state index contributed by atoms with van der Waals surface area (Å²) in [4.78, 5) is 23.4. The fourth-order valence-corrected chi connectivity index (χ4v) is 2.31. The van der Waals surface area contributed by atoms with E-state index in [4.69, 9.17) is 9.47 Å². The summed E-state index contributed by atoms with van der Waals surface area (Å²) >= 11 is 0. The van der Waals surface area contributed by atoms with Crippen molar-refractivity contribution in [1.82, 2.24) is 0 Å². The molecule has 3 rings (SSSR count). The van der Waals surface area contributed by atoms with Gasteiger partial charge in [-0.2, -0.15) is 0 Å². The number of fused-ring (bicyclic) bond motifs is 1. The molecule has 0 bridgehead atoms. The molecular formula is C20H17NO4. The van der Waals surface area contributed by atoms with Crippen LogP contribution in [0.2, 0.25) is 0 Å². The second-order valence-corrected chi connectivity index (χ2v) is 5.37. The molecule has 0 saturated carbocycles. The normalized spacial score (nSPS) is 10.2. The van der Waals surface area contributed by atoms with Crippen LogP contribution >= 0.6 is 0 Å². The molecule has 0 aliphatic rings. The maximum atomic E-state index is 11.7. The van der Waals surface area contributed by atoms with Crippen LogP contribution in [0.1, 0.15) is 0 Å².